The van der Waals surface area contributed by atoms with Crippen LogP contribution >= 0.6 is 0 Å². The first-order valence-corrected chi connectivity index (χ1v) is 4.92. The van der Waals surface area contributed by atoms with E-state index in [0.717, 1.165) is 12.2 Å². The van der Waals surface area contributed by atoms with Gasteiger partial charge in [0.05, 0.1) is 13.2 Å². The van der Waals surface area contributed by atoms with Crippen molar-refractivity contribution in [3.63, 3.8) is 0 Å². The van der Waals surface area contributed by atoms with Gasteiger partial charge in [-0.05, 0) is 30.7 Å². The molecule has 0 unspecified atom stereocenters. The van der Waals surface area contributed by atoms with Crippen LogP contribution in [0, 0.1) is 0 Å². The fourth-order valence-electron chi connectivity index (χ4n) is 1.42. The lowest BCUT2D eigenvalue weighted by molar-refractivity contribution is -0.0797. The highest BCUT2D eigenvalue weighted by Crippen LogP contribution is 2.17. The van der Waals surface area contributed by atoms with Crippen LogP contribution in [-0.2, 0) is 11.2 Å². The van der Waals surface area contributed by atoms with Crippen LogP contribution in [0.25, 0.3) is 0 Å². The molecule has 2 rings (SSSR count). The Balaban J connectivity index is 1.97. The van der Waals surface area contributed by atoms with E-state index in [9.17, 15) is 0 Å². The maximum absolute atomic E-state index is 5.67. The summed E-state index contributed by atoms with van der Waals surface area (Å²) in [5.41, 5.74) is 6.72. The highest BCUT2D eigenvalue weighted by Gasteiger charge is 2.19. The molecule has 0 bridgehead atoms. The van der Waals surface area contributed by atoms with Crippen LogP contribution in [0.3, 0.4) is 0 Å². The molecule has 1 aliphatic rings. The summed E-state index contributed by atoms with van der Waals surface area (Å²) < 4.78 is 10.7. The van der Waals surface area contributed by atoms with Gasteiger partial charge in [0, 0.05) is 0 Å². The summed E-state index contributed by atoms with van der Waals surface area (Å²) in [6.45, 7) is 2.10. The second kappa shape index (κ2) is 4.44. The normalized spacial score (nSPS) is 16.4. The smallest absolute Gasteiger partial charge is 0.145 e. The van der Waals surface area contributed by atoms with E-state index < -0.39 is 0 Å². The minimum Gasteiger partial charge on any atom is -0.486 e. The van der Waals surface area contributed by atoms with E-state index in [1.807, 2.05) is 18.2 Å². The number of benzene rings is 1. The monoisotopic (exact) mass is 193 g/mol. The molecule has 0 saturated carbocycles. The highest BCUT2D eigenvalue weighted by molar-refractivity contribution is 5.29. The average molecular weight is 193 g/mol. The first-order chi connectivity index (χ1) is 6.88. The highest BCUT2D eigenvalue weighted by atomic mass is 16.6. The molecule has 76 valence electrons. The van der Waals surface area contributed by atoms with Crippen LogP contribution < -0.4 is 10.5 Å². The molecule has 0 atom stereocenters. The van der Waals surface area contributed by atoms with Crippen LogP contribution in [0.1, 0.15) is 5.56 Å². The van der Waals surface area contributed by atoms with Gasteiger partial charge in [-0.25, -0.2) is 0 Å². The van der Waals surface area contributed by atoms with Crippen LogP contribution in [0.4, 0.5) is 0 Å². The van der Waals surface area contributed by atoms with E-state index >= 15 is 0 Å². The summed E-state index contributed by atoms with van der Waals surface area (Å²) in [4.78, 5) is 0. The van der Waals surface area contributed by atoms with Crippen molar-refractivity contribution in [1.29, 1.82) is 0 Å². The zero-order valence-corrected chi connectivity index (χ0v) is 8.11. The van der Waals surface area contributed by atoms with Gasteiger partial charge >= 0.3 is 0 Å². The number of nitrogens with two attached hydrogens (primary N) is 1. The number of rotatable bonds is 4. The quantitative estimate of drug-likeness (QED) is 0.774. The molecule has 1 heterocycles. The minimum absolute atomic E-state index is 0.239. The van der Waals surface area contributed by atoms with Gasteiger partial charge in [0.2, 0.25) is 0 Å². The summed E-state index contributed by atoms with van der Waals surface area (Å²) >= 11 is 0. The predicted octanol–water partition coefficient (Wildman–Crippen LogP) is 0.965. The Hall–Kier alpha value is -1.06. The molecule has 1 fully saturated rings. The topological polar surface area (TPSA) is 44.5 Å². The Morgan fingerprint density at radius 2 is 2.29 bits per heavy atom. The maximum atomic E-state index is 5.67. The molecule has 0 aliphatic carbocycles. The van der Waals surface area contributed by atoms with E-state index in [-0.39, 0.29) is 6.10 Å². The largest absolute Gasteiger partial charge is 0.486 e. The molecule has 0 radical (unpaired) electrons. The zero-order valence-electron chi connectivity index (χ0n) is 8.11. The van der Waals surface area contributed by atoms with Crippen molar-refractivity contribution in [3.05, 3.63) is 29.8 Å². The average Bonchev–Trinajstić information content (AvgIpc) is 2.13. The van der Waals surface area contributed by atoms with Crippen molar-refractivity contribution >= 4 is 0 Å². The van der Waals surface area contributed by atoms with Crippen molar-refractivity contribution < 1.29 is 9.47 Å². The fourth-order valence-corrected chi connectivity index (χ4v) is 1.42. The molecular weight excluding hydrogens is 178 g/mol. The first kappa shape index (κ1) is 9.49. The number of ether oxygens (including phenoxy) is 2. The van der Waals surface area contributed by atoms with Crippen LogP contribution in [0.2, 0.25) is 0 Å². The molecule has 1 aromatic rings. The molecule has 0 amide bonds. The minimum atomic E-state index is 0.239. The third-order valence-electron chi connectivity index (χ3n) is 2.24. The van der Waals surface area contributed by atoms with Crippen molar-refractivity contribution in [2.45, 2.75) is 12.5 Å². The molecule has 1 saturated heterocycles. The van der Waals surface area contributed by atoms with E-state index in [1.165, 1.54) is 5.56 Å². The van der Waals surface area contributed by atoms with Crippen molar-refractivity contribution in [2.75, 3.05) is 19.8 Å². The van der Waals surface area contributed by atoms with Gasteiger partial charge in [-0.2, -0.15) is 0 Å². The summed E-state index contributed by atoms with van der Waals surface area (Å²) in [5, 5.41) is 0. The Kier molecular flexibility index (Phi) is 3.01. The Bertz CT molecular complexity index is 297. The number of hydrogen-bond acceptors (Lipinski definition) is 3. The van der Waals surface area contributed by atoms with Gasteiger partial charge in [-0.15, -0.1) is 0 Å². The lowest BCUT2D eigenvalue weighted by Gasteiger charge is -2.26. The summed E-state index contributed by atoms with van der Waals surface area (Å²) in [5.74, 6) is 0.921. The first-order valence-electron chi connectivity index (χ1n) is 4.92. The fraction of sp³-hybridized carbons (Fsp3) is 0.455. The van der Waals surface area contributed by atoms with Gasteiger partial charge in [0.1, 0.15) is 11.9 Å². The van der Waals surface area contributed by atoms with E-state index in [0.29, 0.717) is 19.8 Å². The SMILES string of the molecule is NCCc1cccc(OC2COC2)c1. The lowest BCUT2D eigenvalue weighted by Crippen LogP contribution is -2.38. The maximum Gasteiger partial charge on any atom is 0.145 e. The molecule has 3 heteroatoms. The van der Waals surface area contributed by atoms with Crippen LogP contribution in [0.15, 0.2) is 24.3 Å². The van der Waals surface area contributed by atoms with Crippen molar-refractivity contribution in [1.82, 2.24) is 0 Å². The zero-order chi connectivity index (χ0) is 9.80. The molecule has 14 heavy (non-hydrogen) atoms. The van der Waals surface area contributed by atoms with E-state index in [1.54, 1.807) is 0 Å². The van der Waals surface area contributed by atoms with Gasteiger partial charge in [-0.3, -0.25) is 0 Å². The summed E-state index contributed by atoms with van der Waals surface area (Å²) in [7, 11) is 0. The Morgan fingerprint density at radius 3 is 2.93 bits per heavy atom. The third-order valence-corrected chi connectivity index (χ3v) is 2.24. The molecule has 3 nitrogen and oxygen atoms in total. The standard InChI is InChI=1S/C11H15NO2/c12-5-4-9-2-1-3-10(6-9)14-11-7-13-8-11/h1-3,6,11H,4-5,7-8,12H2. The summed E-state index contributed by atoms with van der Waals surface area (Å²) in [6.07, 6.45) is 1.14. The van der Waals surface area contributed by atoms with Crippen LogP contribution in [-0.4, -0.2) is 25.9 Å². The second-order valence-corrected chi connectivity index (χ2v) is 3.46. The third kappa shape index (κ3) is 2.25. The molecule has 0 aromatic heterocycles. The predicted molar refractivity (Wildman–Crippen MR) is 54.4 cm³/mol. The molecule has 1 aliphatic heterocycles. The molecule has 0 spiro atoms. The van der Waals surface area contributed by atoms with Crippen LogP contribution in [0.5, 0.6) is 5.75 Å². The van der Waals surface area contributed by atoms with E-state index in [4.69, 9.17) is 15.2 Å². The van der Waals surface area contributed by atoms with Crippen molar-refractivity contribution in [2.24, 2.45) is 5.73 Å². The van der Waals surface area contributed by atoms with Crippen molar-refractivity contribution in [3.8, 4) is 5.75 Å². The van der Waals surface area contributed by atoms with Gasteiger partial charge in [0.15, 0.2) is 0 Å². The molecule has 2 N–H and O–H groups in total. The van der Waals surface area contributed by atoms with Gasteiger partial charge in [-0.1, -0.05) is 12.1 Å². The van der Waals surface area contributed by atoms with Gasteiger partial charge < -0.3 is 15.2 Å². The Labute approximate surface area is 83.8 Å². The lowest BCUT2D eigenvalue weighted by atomic mass is 10.1. The van der Waals surface area contributed by atoms with E-state index in [2.05, 4.69) is 6.07 Å². The summed E-state index contributed by atoms with van der Waals surface area (Å²) in [6, 6.07) is 8.08. The number of hydrogen-bond donors (Lipinski definition) is 1. The van der Waals surface area contributed by atoms with Gasteiger partial charge in [0.25, 0.3) is 0 Å². The Morgan fingerprint density at radius 1 is 1.43 bits per heavy atom. The second-order valence-electron chi connectivity index (χ2n) is 3.46. The molecular formula is C11H15NO2. The molecule has 1 aromatic carbocycles.